The van der Waals surface area contributed by atoms with Gasteiger partial charge >= 0.3 is 0 Å². The fourth-order valence-corrected chi connectivity index (χ4v) is 2.52. The van der Waals surface area contributed by atoms with Gasteiger partial charge in [0.1, 0.15) is 6.10 Å². The third-order valence-electron chi connectivity index (χ3n) is 3.55. The highest BCUT2D eigenvalue weighted by molar-refractivity contribution is 5.85. The van der Waals surface area contributed by atoms with Gasteiger partial charge in [-0.25, -0.2) is 0 Å². The standard InChI is InChI=1S/C14H19NO2/c16-13(10-11-6-8-15-9-7-11)14(17)12-4-2-1-3-5-12/h6-9,12,14,17H,1-5,10H2. The van der Waals surface area contributed by atoms with Gasteiger partial charge in [0, 0.05) is 18.8 Å². The zero-order chi connectivity index (χ0) is 12.1. The van der Waals surface area contributed by atoms with Crippen molar-refractivity contribution in [1.29, 1.82) is 0 Å². The predicted octanol–water partition coefficient (Wildman–Crippen LogP) is 2.13. The van der Waals surface area contributed by atoms with Gasteiger partial charge in [-0.05, 0) is 36.5 Å². The van der Waals surface area contributed by atoms with E-state index < -0.39 is 6.10 Å². The molecule has 92 valence electrons. The molecule has 1 aromatic rings. The van der Waals surface area contributed by atoms with Gasteiger partial charge in [-0.3, -0.25) is 9.78 Å². The topological polar surface area (TPSA) is 50.2 Å². The number of hydrogen-bond donors (Lipinski definition) is 1. The van der Waals surface area contributed by atoms with Crippen molar-refractivity contribution in [2.75, 3.05) is 0 Å². The summed E-state index contributed by atoms with van der Waals surface area (Å²) in [4.78, 5) is 15.9. The van der Waals surface area contributed by atoms with Crippen LogP contribution in [-0.2, 0) is 11.2 Å². The van der Waals surface area contributed by atoms with Crippen LogP contribution < -0.4 is 0 Å². The molecule has 1 aromatic heterocycles. The van der Waals surface area contributed by atoms with Crippen molar-refractivity contribution in [2.24, 2.45) is 5.92 Å². The molecule has 0 amide bonds. The maximum Gasteiger partial charge on any atom is 0.165 e. The number of ketones is 1. The monoisotopic (exact) mass is 233 g/mol. The van der Waals surface area contributed by atoms with Crippen LogP contribution in [0.4, 0.5) is 0 Å². The first-order valence-electron chi connectivity index (χ1n) is 6.37. The van der Waals surface area contributed by atoms with E-state index in [0.717, 1.165) is 31.2 Å². The van der Waals surface area contributed by atoms with Crippen LogP contribution in [0.25, 0.3) is 0 Å². The quantitative estimate of drug-likeness (QED) is 0.866. The lowest BCUT2D eigenvalue weighted by atomic mass is 9.83. The van der Waals surface area contributed by atoms with Crippen LogP contribution >= 0.6 is 0 Å². The number of carbonyl (C=O) groups excluding carboxylic acids is 1. The molecule has 0 aliphatic heterocycles. The normalized spacial score (nSPS) is 18.9. The highest BCUT2D eigenvalue weighted by atomic mass is 16.3. The van der Waals surface area contributed by atoms with Crippen LogP contribution in [-0.4, -0.2) is 22.0 Å². The number of pyridine rings is 1. The average Bonchev–Trinajstić information content (AvgIpc) is 2.40. The lowest BCUT2D eigenvalue weighted by Gasteiger charge is -2.25. The van der Waals surface area contributed by atoms with Crippen molar-refractivity contribution in [2.45, 2.75) is 44.6 Å². The molecular formula is C14H19NO2. The molecule has 1 heterocycles. The summed E-state index contributed by atoms with van der Waals surface area (Å²) in [5.74, 6) is 0.126. The van der Waals surface area contributed by atoms with Crippen LogP contribution in [0.1, 0.15) is 37.7 Å². The van der Waals surface area contributed by atoms with Gasteiger partial charge in [0.05, 0.1) is 0 Å². The van der Waals surface area contributed by atoms with E-state index in [1.54, 1.807) is 12.4 Å². The van der Waals surface area contributed by atoms with Gasteiger partial charge in [-0.2, -0.15) is 0 Å². The van der Waals surface area contributed by atoms with E-state index in [1.165, 1.54) is 6.42 Å². The number of aliphatic hydroxyl groups is 1. The summed E-state index contributed by atoms with van der Waals surface area (Å²) in [7, 11) is 0. The molecular weight excluding hydrogens is 214 g/mol. The summed E-state index contributed by atoms with van der Waals surface area (Å²) in [6.07, 6.45) is 8.40. The molecule has 1 atom stereocenters. The molecule has 1 aliphatic carbocycles. The van der Waals surface area contributed by atoms with Crippen LogP contribution in [0.2, 0.25) is 0 Å². The summed E-state index contributed by atoms with van der Waals surface area (Å²) in [5, 5.41) is 10.0. The van der Waals surface area contributed by atoms with E-state index in [0.29, 0.717) is 6.42 Å². The third-order valence-corrected chi connectivity index (χ3v) is 3.55. The Hall–Kier alpha value is -1.22. The van der Waals surface area contributed by atoms with E-state index in [9.17, 15) is 9.90 Å². The number of aliphatic hydroxyl groups excluding tert-OH is 1. The fourth-order valence-electron chi connectivity index (χ4n) is 2.52. The molecule has 1 unspecified atom stereocenters. The molecule has 0 radical (unpaired) electrons. The number of Topliss-reactive ketones (excluding diaryl/α,β-unsaturated/α-hetero) is 1. The molecule has 1 saturated carbocycles. The molecule has 1 fully saturated rings. The highest BCUT2D eigenvalue weighted by Gasteiger charge is 2.27. The zero-order valence-corrected chi connectivity index (χ0v) is 10.0. The second kappa shape index (κ2) is 5.92. The van der Waals surface area contributed by atoms with Gasteiger partial charge in [0.15, 0.2) is 5.78 Å². The van der Waals surface area contributed by atoms with Crippen LogP contribution in [0.15, 0.2) is 24.5 Å². The molecule has 17 heavy (non-hydrogen) atoms. The maximum atomic E-state index is 11.9. The molecule has 1 N–H and O–H groups in total. The van der Waals surface area contributed by atoms with E-state index in [-0.39, 0.29) is 11.7 Å². The Balaban J connectivity index is 1.90. The Morgan fingerprint density at radius 2 is 1.94 bits per heavy atom. The van der Waals surface area contributed by atoms with Crippen molar-refractivity contribution in [3.05, 3.63) is 30.1 Å². The maximum absolute atomic E-state index is 11.9. The smallest absolute Gasteiger partial charge is 0.165 e. The number of aromatic nitrogens is 1. The van der Waals surface area contributed by atoms with Crippen molar-refractivity contribution < 1.29 is 9.90 Å². The minimum atomic E-state index is -0.775. The minimum absolute atomic E-state index is 0.0527. The molecule has 2 rings (SSSR count). The van der Waals surface area contributed by atoms with Crippen LogP contribution in [0, 0.1) is 5.92 Å². The molecule has 0 saturated heterocycles. The van der Waals surface area contributed by atoms with E-state index >= 15 is 0 Å². The van der Waals surface area contributed by atoms with Gasteiger partial charge in [0.2, 0.25) is 0 Å². The highest BCUT2D eigenvalue weighted by Crippen LogP contribution is 2.27. The van der Waals surface area contributed by atoms with Gasteiger partial charge in [-0.1, -0.05) is 19.3 Å². The molecule has 3 nitrogen and oxygen atoms in total. The Morgan fingerprint density at radius 3 is 2.59 bits per heavy atom. The van der Waals surface area contributed by atoms with Gasteiger partial charge in [-0.15, -0.1) is 0 Å². The Morgan fingerprint density at radius 1 is 1.29 bits per heavy atom. The Bertz CT molecular complexity index is 358. The molecule has 0 spiro atoms. The third kappa shape index (κ3) is 3.37. The van der Waals surface area contributed by atoms with Crippen molar-refractivity contribution in [3.8, 4) is 0 Å². The van der Waals surface area contributed by atoms with E-state index in [2.05, 4.69) is 4.98 Å². The first-order valence-corrected chi connectivity index (χ1v) is 6.37. The Labute approximate surface area is 102 Å². The fraction of sp³-hybridized carbons (Fsp3) is 0.571. The van der Waals surface area contributed by atoms with Gasteiger partial charge in [0.25, 0.3) is 0 Å². The summed E-state index contributed by atoms with van der Waals surface area (Å²) in [6.45, 7) is 0. The summed E-state index contributed by atoms with van der Waals surface area (Å²) >= 11 is 0. The van der Waals surface area contributed by atoms with Crippen LogP contribution in [0.3, 0.4) is 0 Å². The second-order valence-electron chi connectivity index (χ2n) is 4.84. The lowest BCUT2D eigenvalue weighted by molar-refractivity contribution is -0.129. The lowest BCUT2D eigenvalue weighted by Crippen LogP contribution is -2.32. The minimum Gasteiger partial charge on any atom is -0.385 e. The first kappa shape index (κ1) is 12.2. The molecule has 0 aromatic carbocycles. The molecule has 1 aliphatic rings. The zero-order valence-electron chi connectivity index (χ0n) is 10.0. The largest absolute Gasteiger partial charge is 0.385 e. The molecule has 0 bridgehead atoms. The first-order chi connectivity index (χ1) is 8.27. The number of rotatable bonds is 4. The summed E-state index contributed by atoms with van der Waals surface area (Å²) < 4.78 is 0. The molecule has 3 heteroatoms. The van der Waals surface area contributed by atoms with E-state index in [4.69, 9.17) is 0 Å². The Kier molecular flexibility index (Phi) is 4.26. The predicted molar refractivity (Wildman–Crippen MR) is 65.5 cm³/mol. The summed E-state index contributed by atoms with van der Waals surface area (Å²) in [5.41, 5.74) is 0.930. The number of hydrogen-bond acceptors (Lipinski definition) is 3. The number of carbonyl (C=O) groups is 1. The second-order valence-corrected chi connectivity index (χ2v) is 4.84. The SMILES string of the molecule is O=C(Cc1ccncc1)C(O)C1CCCCC1. The average molecular weight is 233 g/mol. The van der Waals surface area contributed by atoms with Gasteiger partial charge < -0.3 is 5.11 Å². The van der Waals surface area contributed by atoms with E-state index in [1.807, 2.05) is 12.1 Å². The van der Waals surface area contributed by atoms with Crippen molar-refractivity contribution in [1.82, 2.24) is 4.98 Å². The van der Waals surface area contributed by atoms with Crippen LogP contribution in [0.5, 0.6) is 0 Å². The summed E-state index contributed by atoms with van der Waals surface area (Å²) in [6, 6.07) is 3.65. The van der Waals surface area contributed by atoms with Crippen molar-refractivity contribution in [3.63, 3.8) is 0 Å². The van der Waals surface area contributed by atoms with Crippen molar-refractivity contribution >= 4 is 5.78 Å². The number of nitrogens with zero attached hydrogens (tertiary/aromatic N) is 1.